The molecule has 0 radical (unpaired) electrons. The zero-order valence-electron chi connectivity index (χ0n) is 11.5. The molecule has 116 valence electrons. The first kappa shape index (κ1) is 14.9. The average molecular weight is 320 g/mol. The highest BCUT2D eigenvalue weighted by atomic mass is 35.5. The van der Waals surface area contributed by atoms with Gasteiger partial charge in [-0.05, 0) is 37.8 Å². The lowest BCUT2D eigenvalue weighted by atomic mass is 9.85. The van der Waals surface area contributed by atoms with E-state index in [2.05, 4.69) is 10.3 Å². The van der Waals surface area contributed by atoms with Crippen LogP contribution in [0.5, 0.6) is 0 Å². The minimum absolute atomic E-state index is 0.0760. The maximum Gasteiger partial charge on any atom is 0.417 e. The van der Waals surface area contributed by atoms with Crippen molar-refractivity contribution in [2.45, 2.75) is 31.5 Å². The van der Waals surface area contributed by atoms with Gasteiger partial charge in [0.2, 0.25) is 0 Å². The first-order chi connectivity index (χ1) is 9.95. The third-order valence-corrected chi connectivity index (χ3v) is 4.62. The number of fused-ring (bicyclic) bond motifs is 1. The van der Waals surface area contributed by atoms with Crippen molar-refractivity contribution in [2.24, 2.45) is 5.92 Å². The molecule has 1 aromatic rings. The van der Waals surface area contributed by atoms with Gasteiger partial charge in [-0.1, -0.05) is 11.6 Å². The Hall–Kier alpha value is -1.01. The predicted octanol–water partition coefficient (Wildman–Crippen LogP) is 3.33. The van der Waals surface area contributed by atoms with Crippen LogP contribution in [0.2, 0.25) is 5.02 Å². The van der Waals surface area contributed by atoms with Crippen molar-refractivity contribution in [3.8, 4) is 0 Å². The van der Waals surface area contributed by atoms with Crippen LogP contribution in [0.4, 0.5) is 19.0 Å². The van der Waals surface area contributed by atoms with Crippen LogP contribution < -0.4 is 10.2 Å². The molecule has 1 N–H and O–H groups in total. The van der Waals surface area contributed by atoms with Gasteiger partial charge in [0.05, 0.1) is 10.6 Å². The van der Waals surface area contributed by atoms with E-state index in [1.807, 2.05) is 4.90 Å². The number of halogens is 4. The molecule has 0 amide bonds. The first-order valence-corrected chi connectivity index (χ1v) is 7.54. The summed E-state index contributed by atoms with van der Waals surface area (Å²) in [6.45, 7) is 2.63. The summed E-state index contributed by atoms with van der Waals surface area (Å²) in [6.07, 6.45) is -0.277. The number of pyridine rings is 1. The maximum absolute atomic E-state index is 12.6. The molecule has 0 bridgehead atoms. The number of hydrogen-bond donors (Lipinski definition) is 1. The zero-order valence-corrected chi connectivity index (χ0v) is 12.2. The molecular formula is C14H17ClF3N3. The lowest BCUT2D eigenvalue weighted by Crippen LogP contribution is -2.52. The van der Waals surface area contributed by atoms with Crippen LogP contribution in [0.15, 0.2) is 12.3 Å². The smallest absolute Gasteiger partial charge is 0.355 e. The largest absolute Gasteiger partial charge is 0.417 e. The molecular weight excluding hydrogens is 303 g/mol. The quantitative estimate of drug-likeness (QED) is 0.860. The van der Waals surface area contributed by atoms with Crippen LogP contribution >= 0.6 is 11.6 Å². The van der Waals surface area contributed by atoms with Gasteiger partial charge in [0, 0.05) is 25.3 Å². The summed E-state index contributed by atoms with van der Waals surface area (Å²) in [4.78, 5) is 5.97. The maximum atomic E-state index is 12.6. The number of rotatable bonds is 1. The zero-order chi connectivity index (χ0) is 15.0. The molecule has 2 saturated heterocycles. The minimum Gasteiger partial charge on any atom is -0.355 e. The summed E-state index contributed by atoms with van der Waals surface area (Å²) < 4.78 is 37.9. The summed E-state index contributed by atoms with van der Waals surface area (Å²) in [5.41, 5.74) is -0.800. The van der Waals surface area contributed by atoms with Crippen molar-refractivity contribution < 1.29 is 13.2 Å². The number of aromatic nitrogens is 1. The average Bonchev–Trinajstić information content (AvgIpc) is 2.45. The van der Waals surface area contributed by atoms with Gasteiger partial charge in [-0.25, -0.2) is 4.98 Å². The molecule has 3 rings (SSSR count). The van der Waals surface area contributed by atoms with E-state index in [0.29, 0.717) is 17.8 Å². The van der Waals surface area contributed by atoms with Crippen LogP contribution in [0.25, 0.3) is 0 Å². The molecule has 1 aromatic heterocycles. The number of piperidine rings is 2. The molecule has 2 aliphatic heterocycles. The predicted molar refractivity (Wildman–Crippen MR) is 75.6 cm³/mol. The van der Waals surface area contributed by atoms with Crippen molar-refractivity contribution in [1.82, 2.24) is 10.3 Å². The molecule has 2 fully saturated rings. The summed E-state index contributed by atoms with van der Waals surface area (Å²) in [5.74, 6) is 0.987. The third kappa shape index (κ3) is 3.11. The number of hydrogen-bond acceptors (Lipinski definition) is 3. The third-order valence-electron chi connectivity index (χ3n) is 4.34. The van der Waals surface area contributed by atoms with E-state index in [0.717, 1.165) is 51.2 Å². The van der Waals surface area contributed by atoms with Gasteiger partial charge in [0.1, 0.15) is 5.82 Å². The van der Waals surface area contributed by atoms with Crippen molar-refractivity contribution in [2.75, 3.05) is 24.5 Å². The monoisotopic (exact) mass is 319 g/mol. The van der Waals surface area contributed by atoms with E-state index in [-0.39, 0.29) is 5.02 Å². The van der Waals surface area contributed by atoms with Crippen LogP contribution in [-0.4, -0.2) is 30.7 Å². The fourth-order valence-corrected chi connectivity index (χ4v) is 3.54. The van der Waals surface area contributed by atoms with Crippen molar-refractivity contribution in [3.05, 3.63) is 22.8 Å². The minimum atomic E-state index is -4.41. The molecule has 0 spiro atoms. The Balaban J connectivity index is 1.78. The Kier molecular flexibility index (Phi) is 4.01. The molecule has 0 aromatic carbocycles. The summed E-state index contributed by atoms with van der Waals surface area (Å²) in [6, 6.07) is 1.48. The summed E-state index contributed by atoms with van der Waals surface area (Å²) in [5, 5.41) is 3.58. The van der Waals surface area contributed by atoms with E-state index >= 15 is 0 Å². The standard InChI is InChI=1S/C14H17ClF3N3/c15-11-6-10(14(16,17)18)7-20-13(11)21-5-3-12-9(8-21)2-1-4-19-12/h6-7,9,12,19H,1-5,8H2. The van der Waals surface area contributed by atoms with Crippen LogP contribution in [-0.2, 0) is 6.18 Å². The fourth-order valence-electron chi connectivity index (χ4n) is 3.26. The highest BCUT2D eigenvalue weighted by Crippen LogP contribution is 2.35. The SMILES string of the molecule is FC(F)(F)c1cnc(N2CCC3NCCCC3C2)c(Cl)c1. The molecule has 7 heteroatoms. The van der Waals surface area contributed by atoms with E-state index in [4.69, 9.17) is 11.6 Å². The van der Waals surface area contributed by atoms with Gasteiger partial charge in [-0.3, -0.25) is 0 Å². The lowest BCUT2D eigenvalue weighted by molar-refractivity contribution is -0.137. The molecule has 2 aliphatic rings. The van der Waals surface area contributed by atoms with Gasteiger partial charge in [-0.15, -0.1) is 0 Å². The Labute approximate surface area is 126 Å². The van der Waals surface area contributed by atoms with Crippen molar-refractivity contribution in [3.63, 3.8) is 0 Å². The number of nitrogens with one attached hydrogen (secondary N) is 1. The van der Waals surface area contributed by atoms with Crippen LogP contribution in [0.3, 0.4) is 0 Å². The van der Waals surface area contributed by atoms with Gasteiger partial charge in [0.25, 0.3) is 0 Å². The Morgan fingerprint density at radius 3 is 2.86 bits per heavy atom. The van der Waals surface area contributed by atoms with Crippen LogP contribution in [0.1, 0.15) is 24.8 Å². The molecule has 0 saturated carbocycles. The fraction of sp³-hybridized carbons (Fsp3) is 0.643. The van der Waals surface area contributed by atoms with E-state index in [1.54, 1.807) is 0 Å². The topological polar surface area (TPSA) is 28.2 Å². The summed E-state index contributed by atoms with van der Waals surface area (Å²) >= 11 is 6.02. The van der Waals surface area contributed by atoms with Gasteiger partial charge >= 0.3 is 6.18 Å². The molecule has 0 aliphatic carbocycles. The van der Waals surface area contributed by atoms with E-state index in [9.17, 15) is 13.2 Å². The molecule has 2 atom stereocenters. The van der Waals surface area contributed by atoms with Gasteiger partial charge in [0.15, 0.2) is 0 Å². The Morgan fingerprint density at radius 1 is 1.33 bits per heavy atom. The lowest BCUT2D eigenvalue weighted by Gasteiger charge is -2.42. The second kappa shape index (κ2) is 5.65. The number of nitrogens with zero attached hydrogens (tertiary/aromatic N) is 2. The van der Waals surface area contributed by atoms with Crippen molar-refractivity contribution in [1.29, 1.82) is 0 Å². The van der Waals surface area contributed by atoms with E-state index in [1.165, 1.54) is 0 Å². The molecule has 2 unspecified atom stereocenters. The molecule has 21 heavy (non-hydrogen) atoms. The van der Waals surface area contributed by atoms with Gasteiger partial charge < -0.3 is 10.2 Å². The first-order valence-electron chi connectivity index (χ1n) is 7.16. The van der Waals surface area contributed by atoms with E-state index < -0.39 is 11.7 Å². The van der Waals surface area contributed by atoms with Crippen LogP contribution in [0, 0.1) is 5.92 Å². The van der Waals surface area contributed by atoms with Gasteiger partial charge in [-0.2, -0.15) is 13.2 Å². The highest BCUT2D eigenvalue weighted by molar-refractivity contribution is 6.33. The Bertz CT molecular complexity index is 521. The Morgan fingerprint density at radius 2 is 2.14 bits per heavy atom. The molecule has 3 heterocycles. The summed E-state index contributed by atoms with van der Waals surface area (Å²) in [7, 11) is 0. The number of anilines is 1. The second-order valence-electron chi connectivity index (χ2n) is 5.72. The number of alkyl halides is 3. The molecule has 3 nitrogen and oxygen atoms in total. The highest BCUT2D eigenvalue weighted by Gasteiger charge is 2.34. The van der Waals surface area contributed by atoms with Crippen molar-refractivity contribution >= 4 is 17.4 Å². The second-order valence-corrected chi connectivity index (χ2v) is 6.13. The normalized spacial score (nSPS) is 26.6.